The molecule has 2 amide bonds. The molecule has 0 bridgehead atoms. The maximum atomic E-state index is 12.7. The third kappa shape index (κ3) is 4.68. The van der Waals surface area contributed by atoms with Crippen LogP contribution in [-0.2, 0) is 4.74 Å². The van der Waals surface area contributed by atoms with Crippen LogP contribution in [0.2, 0.25) is 0 Å². The summed E-state index contributed by atoms with van der Waals surface area (Å²) in [6.45, 7) is 8.68. The minimum absolute atomic E-state index is 0.000849. The predicted molar refractivity (Wildman–Crippen MR) is 102 cm³/mol. The first-order chi connectivity index (χ1) is 12.5. The quantitative estimate of drug-likeness (QED) is 0.876. The van der Waals surface area contributed by atoms with Gasteiger partial charge in [0.1, 0.15) is 5.75 Å². The van der Waals surface area contributed by atoms with Crippen molar-refractivity contribution in [3.8, 4) is 5.75 Å². The van der Waals surface area contributed by atoms with E-state index in [0.29, 0.717) is 26.2 Å². The van der Waals surface area contributed by atoms with Crippen LogP contribution in [0.4, 0.5) is 4.79 Å². The van der Waals surface area contributed by atoms with Crippen LogP contribution in [0.5, 0.6) is 5.75 Å². The standard InChI is InChI=1S/C20H31N3O3/c1-20(2)15-23(12-13-26-20)19(24)21-14-18(22-10-4-5-11-22)16-6-8-17(25-3)9-7-16/h6-9,18H,4-5,10-15H2,1-3H3,(H,21,24). The highest BCUT2D eigenvalue weighted by Gasteiger charge is 2.31. The van der Waals surface area contributed by atoms with Crippen molar-refractivity contribution in [2.75, 3.05) is 46.4 Å². The van der Waals surface area contributed by atoms with Gasteiger partial charge >= 0.3 is 6.03 Å². The zero-order valence-electron chi connectivity index (χ0n) is 16.2. The van der Waals surface area contributed by atoms with Gasteiger partial charge in [-0.15, -0.1) is 0 Å². The number of likely N-dealkylation sites (tertiary alicyclic amines) is 1. The molecule has 6 heteroatoms. The van der Waals surface area contributed by atoms with Crippen molar-refractivity contribution in [2.24, 2.45) is 0 Å². The van der Waals surface area contributed by atoms with E-state index in [2.05, 4.69) is 22.3 Å². The van der Waals surface area contributed by atoms with E-state index >= 15 is 0 Å². The van der Waals surface area contributed by atoms with Crippen LogP contribution in [0.1, 0.15) is 38.3 Å². The first kappa shape index (κ1) is 19.0. The summed E-state index contributed by atoms with van der Waals surface area (Å²) < 4.78 is 11.0. The number of carbonyl (C=O) groups is 1. The van der Waals surface area contributed by atoms with Crippen LogP contribution >= 0.6 is 0 Å². The molecule has 1 atom stereocenters. The smallest absolute Gasteiger partial charge is 0.317 e. The van der Waals surface area contributed by atoms with Gasteiger partial charge < -0.3 is 19.7 Å². The second kappa shape index (κ2) is 8.27. The lowest BCUT2D eigenvalue weighted by Crippen LogP contribution is -2.54. The minimum atomic E-state index is -0.278. The van der Waals surface area contributed by atoms with Crippen LogP contribution in [-0.4, -0.2) is 67.9 Å². The molecule has 2 aliphatic rings. The van der Waals surface area contributed by atoms with Crippen LogP contribution in [0.3, 0.4) is 0 Å². The van der Waals surface area contributed by atoms with Crippen molar-refractivity contribution in [3.63, 3.8) is 0 Å². The second-order valence-electron chi connectivity index (χ2n) is 7.75. The highest BCUT2D eigenvalue weighted by atomic mass is 16.5. The Hall–Kier alpha value is -1.79. The van der Waals surface area contributed by atoms with Gasteiger partial charge in [0.25, 0.3) is 0 Å². The van der Waals surface area contributed by atoms with E-state index in [9.17, 15) is 4.79 Å². The van der Waals surface area contributed by atoms with E-state index in [1.165, 1.54) is 18.4 Å². The SMILES string of the molecule is COc1ccc(C(CNC(=O)N2CCOC(C)(C)C2)N2CCCC2)cc1. The molecule has 6 nitrogen and oxygen atoms in total. The largest absolute Gasteiger partial charge is 0.497 e. The molecule has 1 unspecified atom stereocenters. The molecular formula is C20H31N3O3. The first-order valence-electron chi connectivity index (χ1n) is 9.53. The minimum Gasteiger partial charge on any atom is -0.497 e. The van der Waals surface area contributed by atoms with Crippen molar-refractivity contribution in [1.82, 2.24) is 15.1 Å². The van der Waals surface area contributed by atoms with Gasteiger partial charge in [-0.25, -0.2) is 4.79 Å². The average molecular weight is 361 g/mol. The third-order valence-electron chi connectivity index (χ3n) is 5.24. The zero-order valence-corrected chi connectivity index (χ0v) is 16.2. The Balaban J connectivity index is 1.64. The summed E-state index contributed by atoms with van der Waals surface area (Å²) in [5.41, 5.74) is 0.940. The molecule has 3 rings (SSSR count). The van der Waals surface area contributed by atoms with Crippen LogP contribution in [0.25, 0.3) is 0 Å². The van der Waals surface area contributed by atoms with Gasteiger partial charge in [0.05, 0.1) is 31.9 Å². The molecule has 1 aromatic carbocycles. The molecule has 1 N–H and O–H groups in total. The summed E-state index contributed by atoms with van der Waals surface area (Å²) in [4.78, 5) is 17.0. The van der Waals surface area contributed by atoms with Gasteiger partial charge in [-0.1, -0.05) is 12.1 Å². The van der Waals surface area contributed by atoms with E-state index in [-0.39, 0.29) is 17.7 Å². The van der Waals surface area contributed by atoms with Gasteiger partial charge in [0.15, 0.2) is 0 Å². The lowest BCUT2D eigenvalue weighted by atomic mass is 10.1. The number of nitrogens with zero attached hydrogens (tertiary/aromatic N) is 2. The molecule has 0 aromatic heterocycles. The molecule has 0 saturated carbocycles. The molecule has 2 aliphatic heterocycles. The molecule has 0 radical (unpaired) electrons. The number of nitrogens with one attached hydrogen (secondary N) is 1. The summed E-state index contributed by atoms with van der Waals surface area (Å²) in [6, 6.07) is 8.38. The van der Waals surface area contributed by atoms with Crippen molar-refractivity contribution in [2.45, 2.75) is 38.3 Å². The fourth-order valence-electron chi connectivity index (χ4n) is 3.82. The number of urea groups is 1. The van der Waals surface area contributed by atoms with Crippen molar-refractivity contribution < 1.29 is 14.3 Å². The van der Waals surface area contributed by atoms with E-state index in [4.69, 9.17) is 9.47 Å². The number of hydrogen-bond donors (Lipinski definition) is 1. The number of benzene rings is 1. The van der Waals surface area contributed by atoms with Crippen molar-refractivity contribution >= 4 is 6.03 Å². The lowest BCUT2D eigenvalue weighted by Gasteiger charge is -2.38. The molecule has 0 aliphatic carbocycles. The first-order valence-corrected chi connectivity index (χ1v) is 9.53. The maximum Gasteiger partial charge on any atom is 0.317 e. The molecule has 1 aromatic rings. The third-order valence-corrected chi connectivity index (χ3v) is 5.24. The van der Waals surface area contributed by atoms with Crippen LogP contribution in [0.15, 0.2) is 24.3 Å². The van der Waals surface area contributed by atoms with E-state index in [1.807, 2.05) is 30.9 Å². The number of amides is 2. The predicted octanol–water partition coefficient (Wildman–Crippen LogP) is 2.65. The normalized spacial score (nSPS) is 21.4. The fourth-order valence-corrected chi connectivity index (χ4v) is 3.82. The van der Waals surface area contributed by atoms with E-state index in [1.54, 1.807) is 7.11 Å². The molecule has 2 saturated heterocycles. The Morgan fingerprint density at radius 1 is 1.23 bits per heavy atom. The Kier molecular flexibility index (Phi) is 6.04. The van der Waals surface area contributed by atoms with Gasteiger partial charge in [-0.2, -0.15) is 0 Å². The molecule has 26 heavy (non-hydrogen) atoms. The monoisotopic (exact) mass is 361 g/mol. The van der Waals surface area contributed by atoms with Crippen molar-refractivity contribution in [3.05, 3.63) is 29.8 Å². The van der Waals surface area contributed by atoms with E-state index < -0.39 is 0 Å². The number of hydrogen-bond acceptors (Lipinski definition) is 4. The fraction of sp³-hybridized carbons (Fsp3) is 0.650. The zero-order chi connectivity index (χ0) is 18.6. The maximum absolute atomic E-state index is 12.7. The summed E-state index contributed by atoms with van der Waals surface area (Å²) in [5, 5.41) is 3.15. The van der Waals surface area contributed by atoms with Gasteiger partial charge in [-0.05, 0) is 57.5 Å². The van der Waals surface area contributed by atoms with Crippen LogP contribution in [0, 0.1) is 0 Å². The van der Waals surface area contributed by atoms with Gasteiger partial charge in [0, 0.05) is 13.1 Å². The topological polar surface area (TPSA) is 54.0 Å². The molecule has 2 heterocycles. The Morgan fingerprint density at radius 2 is 1.92 bits per heavy atom. The lowest BCUT2D eigenvalue weighted by molar-refractivity contribution is -0.0734. The van der Waals surface area contributed by atoms with E-state index in [0.717, 1.165) is 18.8 Å². The van der Waals surface area contributed by atoms with Crippen LogP contribution < -0.4 is 10.1 Å². The van der Waals surface area contributed by atoms with Crippen molar-refractivity contribution in [1.29, 1.82) is 0 Å². The summed E-state index contributed by atoms with van der Waals surface area (Å²) in [7, 11) is 1.68. The Morgan fingerprint density at radius 3 is 2.54 bits per heavy atom. The highest BCUT2D eigenvalue weighted by Crippen LogP contribution is 2.26. The molecular weight excluding hydrogens is 330 g/mol. The Bertz CT molecular complexity index is 597. The number of carbonyl (C=O) groups excluding carboxylic acids is 1. The van der Waals surface area contributed by atoms with Gasteiger partial charge in [-0.3, -0.25) is 4.90 Å². The number of rotatable bonds is 5. The molecule has 144 valence electrons. The average Bonchev–Trinajstić information content (AvgIpc) is 3.16. The second-order valence-corrected chi connectivity index (χ2v) is 7.75. The summed E-state index contributed by atoms with van der Waals surface area (Å²) in [6.07, 6.45) is 2.44. The number of ether oxygens (including phenoxy) is 2. The summed E-state index contributed by atoms with van der Waals surface area (Å²) >= 11 is 0. The highest BCUT2D eigenvalue weighted by molar-refractivity contribution is 5.74. The number of methoxy groups -OCH3 is 1. The molecule has 2 fully saturated rings. The number of morpholine rings is 1. The Labute approximate surface area is 156 Å². The van der Waals surface area contributed by atoms with Gasteiger partial charge in [0.2, 0.25) is 0 Å². The summed E-state index contributed by atoms with van der Waals surface area (Å²) in [5.74, 6) is 0.855. The molecule has 0 spiro atoms.